The van der Waals surface area contributed by atoms with Gasteiger partial charge in [-0.1, -0.05) is 12.1 Å². The first-order chi connectivity index (χ1) is 15.2. The van der Waals surface area contributed by atoms with Crippen LogP contribution in [0.15, 0.2) is 52.7 Å². The largest absolute Gasteiger partial charge is 0.494 e. The minimum atomic E-state index is -3.81. The number of rotatable bonds is 9. The first-order valence-corrected chi connectivity index (χ1v) is 11.8. The highest BCUT2D eigenvalue weighted by Crippen LogP contribution is 2.28. The van der Waals surface area contributed by atoms with E-state index < -0.39 is 21.7 Å². The summed E-state index contributed by atoms with van der Waals surface area (Å²) in [5.41, 5.74) is 1.42. The molecule has 2 N–H and O–H groups in total. The van der Waals surface area contributed by atoms with Crippen molar-refractivity contribution in [3.05, 3.63) is 59.2 Å². The molecule has 3 aromatic rings. The Hall–Kier alpha value is -3.15. The van der Waals surface area contributed by atoms with Gasteiger partial charge in [-0.3, -0.25) is 9.59 Å². The predicted molar refractivity (Wildman–Crippen MR) is 119 cm³/mol. The Morgan fingerprint density at radius 3 is 2.50 bits per heavy atom. The average molecular weight is 478 g/mol. The molecule has 11 heteroatoms. The van der Waals surface area contributed by atoms with Gasteiger partial charge < -0.3 is 10.1 Å². The summed E-state index contributed by atoms with van der Waals surface area (Å²) in [5.74, 6) is -0.996. The number of nitrogens with zero attached hydrogens (tertiary/aromatic N) is 1. The molecule has 3 rings (SSSR count). The van der Waals surface area contributed by atoms with E-state index in [-0.39, 0.29) is 29.4 Å². The van der Waals surface area contributed by atoms with Gasteiger partial charge in [-0.2, -0.15) is 0 Å². The van der Waals surface area contributed by atoms with Crippen LogP contribution in [0.2, 0.25) is 0 Å². The molecule has 0 aliphatic carbocycles. The number of halogens is 1. The van der Waals surface area contributed by atoms with Crippen molar-refractivity contribution in [2.45, 2.75) is 18.2 Å². The molecule has 0 aliphatic heterocycles. The van der Waals surface area contributed by atoms with Crippen LogP contribution in [0.3, 0.4) is 0 Å². The Bertz CT molecular complexity index is 1240. The lowest BCUT2D eigenvalue weighted by Gasteiger charge is -2.07. The van der Waals surface area contributed by atoms with Crippen molar-refractivity contribution in [2.24, 2.45) is 0 Å². The molecular formula is C21H20FN3O5S2. The molecule has 0 bridgehead atoms. The van der Waals surface area contributed by atoms with Crippen molar-refractivity contribution >= 4 is 38.2 Å². The third-order valence-electron chi connectivity index (χ3n) is 4.41. The zero-order valence-corrected chi connectivity index (χ0v) is 18.8. The van der Waals surface area contributed by atoms with Crippen LogP contribution in [-0.4, -0.2) is 38.7 Å². The molecule has 0 saturated carbocycles. The highest BCUT2D eigenvalue weighted by atomic mass is 32.2. The first kappa shape index (κ1) is 23.5. The van der Waals surface area contributed by atoms with Crippen LogP contribution >= 0.6 is 11.3 Å². The topological polar surface area (TPSA) is 114 Å². The first-order valence-electron chi connectivity index (χ1n) is 9.39. The molecule has 0 unspecified atom stereocenters. The molecule has 0 aliphatic rings. The molecule has 0 radical (unpaired) electrons. The Kier molecular flexibility index (Phi) is 7.33. The standard InChI is InChI=1S/C21H20FN3O5S2/c1-13(26)14-3-6-16(7-4-14)32(28,29)23-10-9-20(27)25-21-24-18(12-31-21)15-5-8-19(30-2)17(22)11-15/h3-8,11-12,23H,9-10H2,1-2H3,(H,24,25,27). The van der Waals surface area contributed by atoms with Crippen LogP contribution in [0.5, 0.6) is 5.75 Å². The Morgan fingerprint density at radius 2 is 1.88 bits per heavy atom. The number of nitrogens with one attached hydrogen (secondary N) is 2. The molecule has 168 valence electrons. The van der Waals surface area contributed by atoms with Crippen molar-refractivity contribution in [3.63, 3.8) is 0 Å². The van der Waals surface area contributed by atoms with E-state index in [0.29, 0.717) is 22.0 Å². The minimum absolute atomic E-state index is 0.000743. The molecule has 2 aromatic carbocycles. The highest BCUT2D eigenvalue weighted by molar-refractivity contribution is 7.89. The van der Waals surface area contributed by atoms with E-state index in [2.05, 4.69) is 15.0 Å². The Balaban J connectivity index is 1.54. The lowest BCUT2D eigenvalue weighted by molar-refractivity contribution is -0.116. The highest BCUT2D eigenvalue weighted by Gasteiger charge is 2.15. The number of aromatic nitrogens is 1. The van der Waals surface area contributed by atoms with Crippen LogP contribution in [0.4, 0.5) is 9.52 Å². The number of methoxy groups -OCH3 is 1. The molecule has 1 amide bonds. The second-order valence-corrected chi connectivity index (χ2v) is 9.29. The third-order valence-corrected chi connectivity index (χ3v) is 6.65. The van der Waals surface area contributed by atoms with Crippen molar-refractivity contribution in [2.75, 3.05) is 19.0 Å². The smallest absolute Gasteiger partial charge is 0.240 e. The van der Waals surface area contributed by atoms with E-state index in [0.717, 1.165) is 0 Å². The molecule has 0 fully saturated rings. The molecule has 8 nitrogen and oxygen atoms in total. The SMILES string of the molecule is COc1ccc(-c2csc(NC(=O)CCNS(=O)(=O)c3ccc(C(C)=O)cc3)n2)cc1F. The van der Waals surface area contributed by atoms with Crippen LogP contribution in [0.25, 0.3) is 11.3 Å². The normalized spacial score (nSPS) is 11.2. The van der Waals surface area contributed by atoms with Gasteiger partial charge >= 0.3 is 0 Å². The summed E-state index contributed by atoms with van der Waals surface area (Å²) in [5, 5.41) is 4.57. The lowest BCUT2D eigenvalue weighted by Crippen LogP contribution is -2.27. The number of sulfonamides is 1. The summed E-state index contributed by atoms with van der Waals surface area (Å²) in [6.45, 7) is 1.27. The van der Waals surface area contributed by atoms with Crippen LogP contribution in [0.1, 0.15) is 23.7 Å². The number of hydrogen-bond acceptors (Lipinski definition) is 7. The van der Waals surface area contributed by atoms with Crippen LogP contribution in [0, 0.1) is 5.82 Å². The van der Waals surface area contributed by atoms with Crippen molar-refractivity contribution in [1.82, 2.24) is 9.71 Å². The monoisotopic (exact) mass is 477 g/mol. The number of ketones is 1. The van der Waals surface area contributed by atoms with E-state index in [1.165, 1.54) is 61.8 Å². The van der Waals surface area contributed by atoms with Gasteiger partial charge in [0.25, 0.3) is 0 Å². The van der Waals surface area contributed by atoms with Gasteiger partial charge in [0.1, 0.15) is 0 Å². The van der Waals surface area contributed by atoms with Gasteiger partial charge in [0.2, 0.25) is 15.9 Å². The lowest BCUT2D eigenvalue weighted by atomic mass is 10.1. The number of ether oxygens (including phenoxy) is 1. The summed E-state index contributed by atoms with van der Waals surface area (Å²) in [4.78, 5) is 27.7. The van der Waals surface area contributed by atoms with Gasteiger partial charge in [0.15, 0.2) is 22.5 Å². The summed E-state index contributed by atoms with van der Waals surface area (Å²) in [7, 11) is -2.44. The fourth-order valence-electron chi connectivity index (χ4n) is 2.72. The Morgan fingerprint density at radius 1 is 1.16 bits per heavy atom. The summed E-state index contributed by atoms with van der Waals surface area (Å²) >= 11 is 1.17. The third kappa shape index (κ3) is 5.75. The molecule has 0 atom stereocenters. The summed E-state index contributed by atoms with van der Waals surface area (Å²) < 4.78 is 45.7. The number of benzene rings is 2. The molecule has 0 spiro atoms. The molecule has 0 saturated heterocycles. The predicted octanol–water partition coefficient (Wildman–Crippen LogP) is 3.47. The van der Waals surface area contributed by atoms with Gasteiger partial charge in [-0.25, -0.2) is 22.5 Å². The Labute approximate surface area is 188 Å². The summed E-state index contributed by atoms with van der Waals surface area (Å²) in [6.07, 6.45) is -0.114. The second kappa shape index (κ2) is 9.98. The fraction of sp³-hybridized carbons (Fsp3) is 0.190. The van der Waals surface area contributed by atoms with E-state index in [4.69, 9.17) is 4.74 Å². The van der Waals surface area contributed by atoms with Crippen molar-refractivity contribution in [3.8, 4) is 17.0 Å². The van der Waals surface area contributed by atoms with E-state index in [9.17, 15) is 22.4 Å². The van der Waals surface area contributed by atoms with Crippen molar-refractivity contribution < 1.29 is 27.1 Å². The van der Waals surface area contributed by atoms with Gasteiger partial charge in [0, 0.05) is 29.5 Å². The number of anilines is 1. The maximum Gasteiger partial charge on any atom is 0.240 e. The summed E-state index contributed by atoms with van der Waals surface area (Å²) in [6, 6.07) is 9.95. The van der Waals surface area contributed by atoms with Gasteiger partial charge in [0.05, 0.1) is 17.7 Å². The fourth-order valence-corrected chi connectivity index (χ4v) is 4.49. The van der Waals surface area contributed by atoms with E-state index >= 15 is 0 Å². The second-order valence-electron chi connectivity index (χ2n) is 6.66. The van der Waals surface area contributed by atoms with Crippen molar-refractivity contribution in [1.29, 1.82) is 0 Å². The maximum atomic E-state index is 13.9. The number of carbonyl (C=O) groups excluding carboxylic acids is 2. The number of thiazole rings is 1. The molecular weight excluding hydrogens is 457 g/mol. The number of carbonyl (C=O) groups is 2. The number of amides is 1. The number of Topliss-reactive ketones (excluding diaryl/α,β-unsaturated/α-hetero) is 1. The zero-order chi connectivity index (χ0) is 23.3. The van der Waals surface area contributed by atoms with Crippen LogP contribution in [-0.2, 0) is 14.8 Å². The zero-order valence-electron chi connectivity index (χ0n) is 17.2. The maximum absolute atomic E-state index is 13.9. The van der Waals surface area contributed by atoms with E-state index in [1.54, 1.807) is 11.4 Å². The van der Waals surface area contributed by atoms with Crippen LogP contribution < -0.4 is 14.8 Å². The molecule has 1 aromatic heterocycles. The van der Waals surface area contributed by atoms with Gasteiger partial charge in [-0.15, -0.1) is 11.3 Å². The molecule has 1 heterocycles. The average Bonchev–Trinajstić information content (AvgIpc) is 3.22. The van der Waals surface area contributed by atoms with Gasteiger partial charge in [-0.05, 0) is 37.3 Å². The minimum Gasteiger partial charge on any atom is -0.494 e. The number of hydrogen-bond donors (Lipinski definition) is 2. The quantitative estimate of drug-likeness (QED) is 0.456. The van der Waals surface area contributed by atoms with E-state index in [1.807, 2.05) is 0 Å². The molecule has 32 heavy (non-hydrogen) atoms.